The molecule has 1 N–H and O–H groups in total. The van der Waals surface area contributed by atoms with E-state index in [-0.39, 0.29) is 0 Å². The lowest BCUT2D eigenvalue weighted by Crippen LogP contribution is -2.21. The average molecular weight is 244 g/mol. The lowest BCUT2D eigenvalue weighted by Gasteiger charge is -2.12. The fraction of sp³-hybridized carbons (Fsp3) is 0.556. The van der Waals surface area contributed by atoms with Crippen LogP contribution in [-0.4, -0.2) is 49.1 Å². The summed E-state index contributed by atoms with van der Waals surface area (Å²) in [6.07, 6.45) is 2.19. The number of nitrogens with zero attached hydrogens (tertiary/aromatic N) is 2. The summed E-state index contributed by atoms with van der Waals surface area (Å²) >= 11 is 0. The second-order valence-electron chi connectivity index (χ2n) is 3.86. The number of sulfone groups is 1. The first-order valence-corrected chi connectivity index (χ1v) is 6.54. The number of carboxylic acids is 1. The molecule has 0 atom stereocenters. The molecule has 2 heterocycles. The first-order chi connectivity index (χ1) is 7.49. The first kappa shape index (κ1) is 11.3. The van der Waals surface area contributed by atoms with Gasteiger partial charge in [0.2, 0.25) is 14.9 Å². The molecule has 7 heteroatoms. The van der Waals surface area contributed by atoms with Gasteiger partial charge in [-0.1, -0.05) is 0 Å². The van der Waals surface area contributed by atoms with Gasteiger partial charge in [-0.25, -0.2) is 18.2 Å². The number of hydrogen-bond acceptors (Lipinski definition) is 5. The van der Waals surface area contributed by atoms with Crippen molar-refractivity contribution < 1.29 is 18.3 Å². The summed E-state index contributed by atoms with van der Waals surface area (Å²) in [4.78, 5) is 16.4. The zero-order valence-electron chi connectivity index (χ0n) is 8.59. The molecule has 2 rings (SSSR count). The third-order valence-corrected chi connectivity index (χ3v) is 3.96. The smallest absolute Gasteiger partial charge is 0.366 e. The van der Waals surface area contributed by atoms with Crippen LogP contribution in [0.2, 0.25) is 0 Å². The van der Waals surface area contributed by atoms with Crippen molar-refractivity contribution in [2.45, 2.75) is 12.8 Å². The summed E-state index contributed by atoms with van der Waals surface area (Å²) in [6, 6.07) is 0. The fourth-order valence-corrected chi connectivity index (χ4v) is 2.95. The molecule has 1 fully saturated rings. The van der Waals surface area contributed by atoms with E-state index in [2.05, 4.69) is 9.89 Å². The lowest BCUT2D eigenvalue weighted by molar-refractivity contribution is -0.129. The largest absolute Gasteiger partial charge is 0.476 e. The summed E-state index contributed by atoms with van der Waals surface area (Å²) in [5.74, 6) is -1.49. The monoisotopic (exact) mass is 244 g/mol. The Balaban J connectivity index is 2.15. The van der Waals surface area contributed by atoms with Crippen LogP contribution in [0, 0.1) is 0 Å². The molecule has 2 aliphatic heterocycles. The van der Waals surface area contributed by atoms with E-state index in [9.17, 15) is 13.2 Å². The Morgan fingerprint density at radius 3 is 2.56 bits per heavy atom. The zero-order valence-corrected chi connectivity index (χ0v) is 9.40. The van der Waals surface area contributed by atoms with E-state index < -0.39 is 20.9 Å². The Morgan fingerprint density at radius 1 is 1.44 bits per heavy atom. The summed E-state index contributed by atoms with van der Waals surface area (Å²) < 4.78 is 22.8. The predicted molar refractivity (Wildman–Crippen MR) is 57.7 cm³/mol. The Morgan fingerprint density at radius 2 is 2.06 bits per heavy atom. The molecular formula is C9H12N2O4S. The van der Waals surface area contributed by atoms with Crippen LogP contribution >= 0.6 is 0 Å². The standard InChI is InChI=1S/C9H12N2O4S/c12-9(13)8-10-7(6-16(8,14)15)5-11-3-1-2-4-11/h6H,1-5H2,(H,12,13). The molecule has 0 aromatic heterocycles. The van der Waals surface area contributed by atoms with Crippen molar-refractivity contribution in [3.05, 3.63) is 11.1 Å². The fourth-order valence-electron chi connectivity index (χ4n) is 1.87. The quantitative estimate of drug-likeness (QED) is 0.745. The number of carboxylic acid groups (broad SMARTS) is 1. The van der Waals surface area contributed by atoms with E-state index in [0.717, 1.165) is 31.3 Å². The topological polar surface area (TPSA) is 87.0 Å². The van der Waals surface area contributed by atoms with Crippen LogP contribution in [0.5, 0.6) is 0 Å². The Bertz CT molecular complexity index is 472. The van der Waals surface area contributed by atoms with Crippen LogP contribution in [0.1, 0.15) is 12.8 Å². The maximum atomic E-state index is 11.4. The number of rotatable bonds is 3. The van der Waals surface area contributed by atoms with Gasteiger partial charge in [0.1, 0.15) is 0 Å². The molecule has 0 aromatic rings. The predicted octanol–water partition coefficient (Wildman–Crippen LogP) is -0.165. The van der Waals surface area contributed by atoms with Crippen LogP contribution in [0.4, 0.5) is 0 Å². The molecule has 0 amide bonds. The minimum absolute atomic E-state index is 0.319. The maximum Gasteiger partial charge on any atom is 0.366 e. The van der Waals surface area contributed by atoms with Crippen molar-refractivity contribution in [3.8, 4) is 0 Å². The van der Waals surface area contributed by atoms with E-state index >= 15 is 0 Å². The summed E-state index contributed by atoms with van der Waals surface area (Å²) in [5.41, 5.74) is 0.319. The van der Waals surface area contributed by atoms with Crippen molar-refractivity contribution >= 4 is 20.9 Å². The Kier molecular flexibility index (Phi) is 2.81. The highest BCUT2D eigenvalue weighted by Crippen LogP contribution is 2.18. The molecule has 0 aromatic carbocycles. The van der Waals surface area contributed by atoms with E-state index in [1.165, 1.54) is 0 Å². The number of carbonyl (C=O) groups is 1. The van der Waals surface area contributed by atoms with Crippen molar-refractivity contribution in [2.24, 2.45) is 4.99 Å². The molecular weight excluding hydrogens is 232 g/mol. The minimum atomic E-state index is -3.82. The average Bonchev–Trinajstić information content (AvgIpc) is 2.73. The molecule has 0 unspecified atom stereocenters. The third kappa shape index (κ3) is 2.14. The highest BCUT2D eigenvalue weighted by molar-refractivity contribution is 8.11. The number of hydrogen-bond donors (Lipinski definition) is 1. The summed E-state index contributed by atoms with van der Waals surface area (Å²) in [5, 5.41) is 8.86. The Hall–Kier alpha value is -1.21. The SMILES string of the molecule is O=C(O)C1=NC(CN2CCCC2)=CS1(=O)=O. The number of aliphatic imine (C=N–C) groups is 1. The maximum absolute atomic E-state index is 11.4. The van der Waals surface area contributed by atoms with Gasteiger partial charge in [0.15, 0.2) is 0 Å². The highest BCUT2D eigenvalue weighted by Gasteiger charge is 2.31. The van der Waals surface area contributed by atoms with Crippen LogP contribution in [0.3, 0.4) is 0 Å². The number of aliphatic carboxylic acids is 1. The van der Waals surface area contributed by atoms with Crippen LogP contribution in [0.25, 0.3) is 0 Å². The zero-order chi connectivity index (χ0) is 11.8. The molecule has 16 heavy (non-hydrogen) atoms. The summed E-state index contributed by atoms with van der Waals surface area (Å²) in [7, 11) is -3.82. The van der Waals surface area contributed by atoms with Gasteiger partial charge in [0.05, 0.1) is 11.1 Å². The van der Waals surface area contributed by atoms with E-state index in [4.69, 9.17) is 5.11 Å². The molecule has 88 valence electrons. The van der Waals surface area contributed by atoms with Gasteiger partial charge in [-0.05, 0) is 25.9 Å². The van der Waals surface area contributed by atoms with Crippen molar-refractivity contribution in [1.82, 2.24) is 4.90 Å². The van der Waals surface area contributed by atoms with E-state index in [1.807, 2.05) is 0 Å². The van der Waals surface area contributed by atoms with E-state index in [0.29, 0.717) is 12.2 Å². The molecule has 0 radical (unpaired) electrons. The molecule has 0 spiro atoms. The van der Waals surface area contributed by atoms with E-state index in [1.54, 1.807) is 0 Å². The van der Waals surface area contributed by atoms with Crippen LogP contribution in [-0.2, 0) is 14.6 Å². The van der Waals surface area contributed by atoms with Gasteiger partial charge in [-0.2, -0.15) is 0 Å². The van der Waals surface area contributed by atoms with Gasteiger partial charge in [-0.3, -0.25) is 4.90 Å². The van der Waals surface area contributed by atoms with Crippen LogP contribution < -0.4 is 0 Å². The second-order valence-corrected chi connectivity index (χ2v) is 5.57. The van der Waals surface area contributed by atoms with Crippen molar-refractivity contribution in [3.63, 3.8) is 0 Å². The molecule has 1 saturated heterocycles. The molecule has 0 aliphatic carbocycles. The minimum Gasteiger partial charge on any atom is -0.476 e. The van der Waals surface area contributed by atoms with Crippen molar-refractivity contribution in [1.29, 1.82) is 0 Å². The van der Waals surface area contributed by atoms with Crippen molar-refractivity contribution in [2.75, 3.05) is 19.6 Å². The van der Waals surface area contributed by atoms with Gasteiger partial charge in [-0.15, -0.1) is 0 Å². The molecule has 2 aliphatic rings. The molecule has 0 bridgehead atoms. The number of likely N-dealkylation sites (tertiary alicyclic amines) is 1. The first-order valence-electron chi connectivity index (χ1n) is 4.99. The van der Waals surface area contributed by atoms with Crippen LogP contribution in [0.15, 0.2) is 16.1 Å². The highest BCUT2D eigenvalue weighted by atomic mass is 32.2. The second kappa shape index (κ2) is 3.99. The Labute approximate surface area is 93.2 Å². The van der Waals surface area contributed by atoms with Gasteiger partial charge in [0, 0.05) is 6.54 Å². The molecule has 0 saturated carbocycles. The molecule has 6 nitrogen and oxygen atoms in total. The van der Waals surface area contributed by atoms with Gasteiger partial charge < -0.3 is 5.11 Å². The van der Waals surface area contributed by atoms with Gasteiger partial charge >= 0.3 is 5.97 Å². The van der Waals surface area contributed by atoms with Gasteiger partial charge in [0.25, 0.3) is 0 Å². The normalized spacial score (nSPS) is 24.2. The third-order valence-electron chi connectivity index (χ3n) is 2.57. The summed E-state index contributed by atoms with van der Waals surface area (Å²) in [6.45, 7) is 2.24. The lowest BCUT2D eigenvalue weighted by atomic mass is 10.4.